The molecule has 15 heavy (non-hydrogen) atoms. The summed E-state index contributed by atoms with van der Waals surface area (Å²) in [6.07, 6.45) is 2.46. The molecule has 0 radical (unpaired) electrons. The first-order valence-electron chi connectivity index (χ1n) is 5.68. The predicted octanol–water partition coefficient (Wildman–Crippen LogP) is 2.26. The number of hydrogen-bond acceptors (Lipinski definition) is 2. The van der Waals surface area contributed by atoms with Gasteiger partial charge in [-0.2, -0.15) is 0 Å². The number of aromatic hydroxyl groups is 1. The van der Waals surface area contributed by atoms with Gasteiger partial charge in [0.05, 0.1) is 0 Å². The zero-order valence-corrected chi connectivity index (χ0v) is 9.58. The number of aryl methyl sites for hydroxylation is 2. The van der Waals surface area contributed by atoms with Crippen molar-refractivity contribution in [1.82, 2.24) is 4.90 Å². The first kappa shape index (κ1) is 10.5. The summed E-state index contributed by atoms with van der Waals surface area (Å²) in [6.45, 7) is 7.71. The van der Waals surface area contributed by atoms with Crippen molar-refractivity contribution in [2.75, 3.05) is 19.6 Å². The first-order chi connectivity index (χ1) is 7.16. The Kier molecular flexibility index (Phi) is 2.96. The second-order valence-corrected chi connectivity index (χ2v) is 4.51. The minimum Gasteiger partial charge on any atom is -0.508 e. The van der Waals surface area contributed by atoms with Crippen LogP contribution in [0.5, 0.6) is 5.75 Å². The van der Waals surface area contributed by atoms with Gasteiger partial charge in [0.15, 0.2) is 0 Å². The highest BCUT2D eigenvalue weighted by molar-refractivity contribution is 5.40. The van der Waals surface area contributed by atoms with Crippen molar-refractivity contribution in [3.8, 4) is 5.75 Å². The molecule has 1 aliphatic rings. The largest absolute Gasteiger partial charge is 0.508 e. The Hall–Kier alpha value is -1.02. The minimum atomic E-state index is 0.417. The molecule has 1 aromatic carbocycles. The molecule has 0 aromatic heterocycles. The highest BCUT2D eigenvalue weighted by atomic mass is 16.3. The molecule has 2 nitrogen and oxygen atoms in total. The highest BCUT2D eigenvalue weighted by Crippen LogP contribution is 2.22. The fraction of sp³-hybridized carbons (Fsp3) is 0.538. The Morgan fingerprint density at radius 1 is 1.20 bits per heavy atom. The molecule has 0 bridgehead atoms. The number of hydrogen-bond donors (Lipinski definition) is 1. The fourth-order valence-corrected chi connectivity index (χ4v) is 2.01. The molecule has 1 heterocycles. The third-order valence-corrected chi connectivity index (χ3v) is 3.30. The lowest BCUT2D eigenvalue weighted by molar-refractivity contribution is 0.184. The monoisotopic (exact) mass is 205 g/mol. The molecule has 0 spiro atoms. The summed E-state index contributed by atoms with van der Waals surface area (Å²) >= 11 is 0. The van der Waals surface area contributed by atoms with Crippen LogP contribution in [0.4, 0.5) is 0 Å². The van der Waals surface area contributed by atoms with E-state index in [-0.39, 0.29) is 0 Å². The van der Waals surface area contributed by atoms with Gasteiger partial charge in [-0.05, 0) is 62.5 Å². The Labute approximate surface area is 91.5 Å². The van der Waals surface area contributed by atoms with Crippen LogP contribution in [0.2, 0.25) is 0 Å². The molecule has 1 aromatic rings. The second kappa shape index (κ2) is 4.23. The van der Waals surface area contributed by atoms with E-state index in [2.05, 4.69) is 17.9 Å². The molecule has 1 aliphatic heterocycles. The lowest BCUT2D eigenvalue weighted by Crippen LogP contribution is -2.38. The average molecular weight is 205 g/mol. The van der Waals surface area contributed by atoms with Crippen molar-refractivity contribution in [2.45, 2.75) is 26.7 Å². The molecule has 1 fully saturated rings. The molecule has 0 unspecified atom stereocenters. The molecule has 0 saturated carbocycles. The maximum atomic E-state index is 9.55. The van der Waals surface area contributed by atoms with Crippen LogP contribution < -0.4 is 0 Å². The Balaban J connectivity index is 2.03. The van der Waals surface area contributed by atoms with Crippen molar-refractivity contribution in [3.63, 3.8) is 0 Å². The third kappa shape index (κ3) is 2.32. The van der Waals surface area contributed by atoms with Gasteiger partial charge in [-0.1, -0.05) is 6.07 Å². The van der Waals surface area contributed by atoms with E-state index < -0.39 is 0 Å². The van der Waals surface area contributed by atoms with Crippen LogP contribution in [0.1, 0.15) is 23.1 Å². The number of rotatable bonds is 3. The van der Waals surface area contributed by atoms with E-state index in [0.717, 1.165) is 18.5 Å². The average Bonchev–Trinajstić information content (AvgIpc) is 2.11. The molecule has 0 amide bonds. The Bertz CT molecular complexity index is 356. The highest BCUT2D eigenvalue weighted by Gasteiger charge is 2.13. The van der Waals surface area contributed by atoms with E-state index in [9.17, 15) is 5.11 Å². The van der Waals surface area contributed by atoms with Crippen LogP contribution in [0, 0.1) is 13.8 Å². The summed E-state index contributed by atoms with van der Waals surface area (Å²) in [4.78, 5) is 2.47. The van der Waals surface area contributed by atoms with E-state index in [1.165, 1.54) is 30.6 Å². The third-order valence-electron chi connectivity index (χ3n) is 3.30. The summed E-state index contributed by atoms with van der Waals surface area (Å²) in [5.41, 5.74) is 3.56. The van der Waals surface area contributed by atoms with E-state index in [0.29, 0.717) is 5.75 Å². The lowest BCUT2D eigenvalue weighted by atomic mass is 10.0. The summed E-state index contributed by atoms with van der Waals surface area (Å²) in [6, 6.07) is 3.99. The van der Waals surface area contributed by atoms with Crippen molar-refractivity contribution in [3.05, 3.63) is 28.8 Å². The van der Waals surface area contributed by atoms with Gasteiger partial charge in [0.1, 0.15) is 5.75 Å². The van der Waals surface area contributed by atoms with Crippen LogP contribution in [0.15, 0.2) is 12.1 Å². The van der Waals surface area contributed by atoms with E-state index in [4.69, 9.17) is 0 Å². The quantitative estimate of drug-likeness (QED) is 0.818. The van der Waals surface area contributed by atoms with Crippen molar-refractivity contribution >= 4 is 0 Å². The summed E-state index contributed by atoms with van der Waals surface area (Å²) < 4.78 is 0. The maximum absolute atomic E-state index is 9.55. The van der Waals surface area contributed by atoms with Crippen LogP contribution in [0.3, 0.4) is 0 Å². The maximum Gasteiger partial charge on any atom is 0.118 e. The normalized spacial score (nSPS) is 16.4. The molecule has 0 atom stereocenters. The van der Waals surface area contributed by atoms with Crippen molar-refractivity contribution < 1.29 is 5.11 Å². The summed E-state index contributed by atoms with van der Waals surface area (Å²) in [7, 11) is 0. The molecule has 2 rings (SSSR count). The number of phenolic OH excluding ortho intramolecular Hbond substituents is 1. The molecule has 2 heteroatoms. The van der Waals surface area contributed by atoms with Crippen LogP contribution in [-0.4, -0.2) is 29.6 Å². The minimum absolute atomic E-state index is 0.417. The first-order valence-corrected chi connectivity index (χ1v) is 5.68. The van der Waals surface area contributed by atoms with Gasteiger partial charge < -0.3 is 10.0 Å². The predicted molar refractivity (Wildman–Crippen MR) is 62.3 cm³/mol. The lowest BCUT2D eigenvalue weighted by Gasteiger charge is -2.30. The van der Waals surface area contributed by atoms with Crippen LogP contribution in [-0.2, 0) is 6.42 Å². The zero-order chi connectivity index (χ0) is 10.8. The second-order valence-electron chi connectivity index (χ2n) is 4.51. The van der Waals surface area contributed by atoms with Crippen molar-refractivity contribution in [1.29, 1.82) is 0 Å². The number of nitrogens with zero attached hydrogens (tertiary/aromatic N) is 1. The number of benzene rings is 1. The smallest absolute Gasteiger partial charge is 0.118 e. The summed E-state index contributed by atoms with van der Waals surface area (Å²) in [5, 5.41) is 9.55. The molecular formula is C13H19NO. The van der Waals surface area contributed by atoms with Crippen LogP contribution in [0.25, 0.3) is 0 Å². The van der Waals surface area contributed by atoms with Crippen molar-refractivity contribution in [2.24, 2.45) is 0 Å². The van der Waals surface area contributed by atoms with Gasteiger partial charge >= 0.3 is 0 Å². The molecule has 1 saturated heterocycles. The molecular weight excluding hydrogens is 186 g/mol. The van der Waals surface area contributed by atoms with E-state index in [1.54, 1.807) is 0 Å². The fourth-order valence-electron chi connectivity index (χ4n) is 2.01. The van der Waals surface area contributed by atoms with Gasteiger partial charge in [-0.25, -0.2) is 0 Å². The van der Waals surface area contributed by atoms with Gasteiger partial charge in [-0.15, -0.1) is 0 Å². The Morgan fingerprint density at radius 2 is 1.93 bits per heavy atom. The van der Waals surface area contributed by atoms with Gasteiger partial charge in [0.25, 0.3) is 0 Å². The van der Waals surface area contributed by atoms with Crippen LogP contribution >= 0.6 is 0 Å². The van der Waals surface area contributed by atoms with E-state index >= 15 is 0 Å². The topological polar surface area (TPSA) is 23.5 Å². The molecule has 1 N–H and O–H groups in total. The Morgan fingerprint density at radius 3 is 2.53 bits per heavy atom. The van der Waals surface area contributed by atoms with Gasteiger partial charge in [-0.3, -0.25) is 0 Å². The summed E-state index contributed by atoms with van der Waals surface area (Å²) in [5.74, 6) is 0.417. The standard InChI is InChI=1S/C13H19NO/c1-10-9-13(15)11(2)8-12(10)4-7-14-5-3-6-14/h8-9,15H,3-7H2,1-2H3. The van der Waals surface area contributed by atoms with Gasteiger partial charge in [0.2, 0.25) is 0 Å². The van der Waals surface area contributed by atoms with E-state index in [1.807, 2.05) is 13.0 Å². The number of likely N-dealkylation sites (tertiary alicyclic amines) is 1. The molecule has 0 aliphatic carbocycles. The zero-order valence-electron chi connectivity index (χ0n) is 9.58. The molecule has 82 valence electrons. The number of phenols is 1. The SMILES string of the molecule is Cc1cc(CCN2CCC2)c(C)cc1O. The van der Waals surface area contributed by atoms with Gasteiger partial charge in [0, 0.05) is 6.54 Å².